The summed E-state index contributed by atoms with van der Waals surface area (Å²) in [6.07, 6.45) is 3.18. The molecule has 0 saturated heterocycles. The van der Waals surface area contributed by atoms with Gasteiger partial charge in [0.05, 0.1) is 23.9 Å². The summed E-state index contributed by atoms with van der Waals surface area (Å²) in [5, 5.41) is 7.71. The summed E-state index contributed by atoms with van der Waals surface area (Å²) in [6.45, 7) is 2.98. The van der Waals surface area contributed by atoms with Gasteiger partial charge in [-0.05, 0) is 43.7 Å². The Morgan fingerprint density at radius 1 is 1.46 bits per heavy atom. The van der Waals surface area contributed by atoms with Crippen LogP contribution in [0.2, 0.25) is 5.02 Å². The SMILES string of the molecule is CC[C@@H](NC(=O)c1ccc(Cl)cc1OCCCN)c1ccnn1C. The van der Waals surface area contributed by atoms with Crippen LogP contribution < -0.4 is 15.8 Å². The third-order valence-corrected chi connectivity index (χ3v) is 3.96. The van der Waals surface area contributed by atoms with Crippen molar-refractivity contribution in [1.29, 1.82) is 0 Å². The summed E-state index contributed by atoms with van der Waals surface area (Å²) >= 11 is 6.02. The highest BCUT2D eigenvalue weighted by Gasteiger charge is 2.19. The average Bonchev–Trinajstić information content (AvgIpc) is 2.98. The molecule has 0 fully saturated rings. The number of hydrogen-bond acceptors (Lipinski definition) is 4. The molecule has 24 heavy (non-hydrogen) atoms. The van der Waals surface area contributed by atoms with E-state index >= 15 is 0 Å². The minimum absolute atomic E-state index is 0.127. The van der Waals surface area contributed by atoms with Crippen LogP contribution in [0, 0.1) is 0 Å². The number of benzene rings is 1. The van der Waals surface area contributed by atoms with Gasteiger partial charge in [0.2, 0.25) is 0 Å². The number of nitrogens with two attached hydrogens (primary N) is 1. The molecule has 2 rings (SSSR count). The lowest BCUT2D eigenvalue weighted by molar-refractivity contribution is 0.0930. The fourth-order valence-electron chi connectivity index (χ4n) is 2.42. The van der Waals surface area contributed by atoms with Crippen molar-refractivity contribution in [2.45, 2.75) is 25.8 Å². The first-order valence-electron chi connectivity index (χ1n) is 7.98. The van der Waals surface area contributed by atoms with Gasteiger partial charge in [-0.25, -0.2) is 0 Å². The lowest BCUT2D eigenvalue weighted by Gasteiger charge is -2.19. The van der Waals surface area contributed by atoms with E-state index in [4.69, 9.17) is 22.1 Å². The van der Waals surface area contributed by atoms with Crippen LogP contribution in [0.3, 0.4) is 0 Å². The number of nitrogens with one attached hydrogen (secondary N) is 1. The second-order valence-corrected chi connectivity index (χ2v) is 5.88. The third kappa shape index (κ3) is 4.49. The minimum atomic E-state index is -0.206. The molecular formula is C17H23ClN4O2. The number of hydrogen-bond donors (Lipinski definition) is 2. The Balaban J connectivity index is 2.17. The number of aromatic nitrogens is 2. The number of rotatable bonds is 8. The van der Waals surface area contributed by atoms with Crippen molar-refractivity contribution in [3.63, 3.8) is 0 Å². The van der Waals surface area contributed by atoms with Gasteiger partial charge in [-0.1, -0.05) is 18.5 Å². The maximum Gasteiger partial charge on any atom is 0.255 e. The van der Waals surface area contributed by atoms with E-state index in [-0.39, 0.29) is 11.9 Å². The molecule has 0 radical (unpaired) electrons. The molecule has 0 bridgehead atoms. The topological polar surface area (TPSA) is 82.2 Å². The first-order chi connectivity index (χ1) is 11.6. The predicted molar refractivity (Wildman–Crippen MR) is 94.3 cm³/mol. The van der Waals surface area contributed by atoms with Gasteiger partial charge in [0.1, 0.15) is 5.75 Å². The molecule has 3 N–H and O–H groups in total. The molecular weight excluding hydrogens is 328 g/mol. The van der Waals surface area contributed by atoms with Crippen molar-refractivity contribution in [1.82, 2.24) is 15.1 Å². The van der Waals surface area contributed by atoms with Crippen LogP contribution in [0.25, 0.3) is 0 Å². The molecule has 1 amide bonds. The molecule has 0 unspecified atom stereocenters. The molecule has 1 heterocycles. The van der Waals surface area contributed by atoms with Crippen molar-refractivity contribution in [3.8, 4) is 5.75 Å². The molecule has 6 nitrogen and oxygen atoms in total. The van der Waals surface area contributed by atoms with Crippen LogP contribution in [-0.4, -0.2) is 28.8 Å². The maximum atomic E-state index is 12.7. The summed E-state index contributed by atoms with van der Waals surface area (Å²) in [5.41, 5.74) is 6.88. The summed E-state index contributed by atoms with van der Waals surface area (Å²) in [7, 11) is 1.85. The highest BCUT2D eigenvalue weighted by atomic mass is 35.5. The Morgan fingerprint density at radius 3 is 2.88 bits per heavy atom. The maximum absolute atomic E-state index is 12.7. The van der Waals surface area contributed by atoms with Gasteiger partial charge in [-0.3, -0.25) is 9.48 Å². The van der Waals surface area contributed by atoms with Gasteiger partial charge in [0.25, 0.3) is 5.91 Å². The van der Waals surface area contributed by atoms with Crippen LogP contribution >= 0.6 is 11.6 Å². The van der Waals surface area contributed by atoms with E-state index in [1.54, 1.807) is 29.1 Å². The minimum Gasteiger partial charge on any atom is -0.493 e. The number of carbonyl (C=O) groups is 1. The molecule has 0 spiro atoms. The molecule has 130 valence electrons. The number of ether oxygens (including phenoxy) is 1. The Bertz CT molecular complexity index is 687. The molecule has 0 saturated carbocycles. The first-order valence-corrected chi connectivity index (χ1v) is 8.35. The van der Waals surface area contributed by atoms with E-state index in [2.05, 4.69) is 10.4 Å². The number of carbonyl (C=O) groups excluding carboxylic acids is 1. The van der Waals surface area contributed by atoms with Crippen molar-refractivity contribution in [3.05, 3.63) is 46.7 Å². The fourth-order valence-corrected chi connectivity index (χ4v) is 2.58. The molecule has 0 aliphatic carbocycles. The zero-order valence-corrected chi connectivity index (χ0v) is 14.7. The second-order valence-electron chi connectivity index (χ2n) is 5.45. The molecule has 0 aliphatic heterocycles. The van der Waals surface area contributed by atoms with Crippen LogP contribution in [-0.2, 0) is 7.05 Å². The van der Waals surface area contributed by atoms with Crippen LogP contribution in [0.4, 0.5) is 0 Å². The van der Waals surface area contributed by atoms with Crippen LogP contribution in [0.1, 0.15) is 41.9 Å². The Morgan fingerprint density at radius 2 is 2.25 bits per heavy atom. The fraction of sp³-hybridized carbons (Fsp3) is 0.412. The first kappa shape index (κ1) is 18.3. The van der Waals surface area contributed by atoms with Gasteiger partial charge < -0.3 is 15.8 Å². The van der Waals surface area contributed by atoms with Gasteiger partial charge in [0.15, 0.2) is 0 Å². The normalized spacial score (nSPS) is 12.0. The lowest BCUT2D eigenvalue weighted by Crippen LogP contribution is -2.30. The number of nitrogens with zero attached hydrogens (tertiary/aromatic N) is 2. The van der Waals surface area contributed by atoms with Gasteiger partial charge in [-0.2, -0.15) is 5.10 Å². The second kappa shape index (κ2) is 8.70. The van der Waals surface area contributed by atoms with Gasteiger partial charge in [-0.15, -0.1) is 0 Å². The molecule has 1 aromatic carbocycles. The van der Waals surface area contributed by atoms with E-state index in [9.17, 15) is 4.79 Å². The number of aryl methyl sites for hydroxylation is 1. The Labute approximate surface area is 146 Å². The average molecular weight is 351 g/mol. The zero-order valence-electron chi connectivity index (χ0n) is 14.0. The third-order valence-electron chi connectivity index (χ3n) is 3.72. The standard InChI is InChI=1S/C17H23ClN4O2/c1-3-14(15-7-9-20-22(15)2)21-17(23)13-6-5-12(18)11-16(13)24-10-4-8-19/h5-7,9,11,14H,3-4,8,10,19H2,1-2H3,(H,21,23)/t14-/m1/s1. The zero-order chi connectivity index (χ0) is 17.5. The van der Waals surface area contributed by atoms with Crippen molar-refractivity contribution < 1.29 is 9.53 Å². The number of amides is 1. The molecule has 7 heteroatoms. The Hall–Kier alpha value is -2.05. The van der Waals surface area contributed by atoms with Crippen molar-refractivity contribution in [2.24, 2.45) is 12.8 Å². The quantitative estimate of drug-likeness (QED) is 0.717. The van der Waals surface area contributed by atoms with Crippen molar-refractivity contribution >= 4 is 17.5 Å². The summed E-state index contributed by atoms with van der Waals surface area (Å²) in [5.74, 6) is 0.260. The highest BCUT2D eigenvalue weighted by Crippen LogP contribution is 2.25. The summed E-state index contributed by atoms with van der Waals surface area (Å²) in [4.78, 5) is 12.7. The molecule has 1 atom stereocenters. The van der Waals surface area contributed by atoms with E-state index in [1.807, 2.05) is 20.0 Å². The van der Waals surface area contributed by atoms with Crippen molar-refractivity contribution in [2.75, 3.05) is 13.2 Å². The number of halogens is 1. The largest absolute Gasteiger partial charge is 0.493 e. The molecule has 1 aromatic heterocycles. The highest BCUT2D eigenvalue weighted by molar-refractivity contribution is 6.30. The predicted octanol–water partition coefficient (Wildman–Crippen LogP) is 2.68. The lowest BCUT2D eigenvalue weighted by atomic mass is 10.1. The van der Waals surface area contributed by atoms with Gasteiger partial charge >= 0.3 is 0 Å². The van der Waals surface area contributed by atoms with Crippen LogP contribution in [0.5, 0.6) is 5.75 Å². The summed E-state index contributed by atoms with van der Waals surface area (Å²) < 4.78 is 7.43. The summed E-state index contributed by atoms with van der Waals surface area (Å²) in [6, 6.07) is 6.77. The van der Waals surface area contributed by atoms with Crippen LogP contribution in [0.15, 0.2) is 30.5 Å². The smallest absolute Gasteiger partial charge is 0.255 e. The molecule has 0 aliphatic rings. The van der Waals surface area contributed by atoms with E-state index in [0.29, 0.717) is 35.9 Å². The van der Waals surface area contributed by atoms with E-state index in [0.717, 1.165) is 12.1 Å². The van der Waals surface area contributed by atoms with E-state index in [1.165, 1.54) is 0 Å². The van der Waals surface area contributed by atoms with Gasteiger partial charge in [0, 0.05) is 18.3 Å². The monoisotopic (exact) mass is 350 g/mol. The Kier molecular flexibility index (Phi) is 6.63. The molecule has 2 aromatic rings. The van der Waals surface area contributed by atoms with E-state index < -0.39 is 0 Å².